The molecule has 0 saturated carbocycles. The minimum Gasteiger partial charge on any atom is -0.325 e. The smallest absolute Gasteiger partial charge is 0.263 e. The predicted octanol–water partition coefficient (Wildman–Crippen LogP) is 4.06. The van der Waals surface area contributed by atoms with Gasteiger partial charge in [0.1, 0.15) is 4.90 Å². The molecule has 0 radical (unpaired) electrons. The first-order valence-electron chi connectivity index (χ1n) is 6.55. The molecule has 0 aliphatic heterocycles. The minimum absolute atomic E-state index is 0.0270. The van der Waals surface area contributed by atoms with Crippen LogP contribution in [0.4, 0.5) is 11.4 Å². The largest absolute Gasteiger partial charge is 0.325 e. The van der Waals surface area contributed by atoms with Gasteiger partial charge in [0.15, 0.2) is 0 Å². The van der Waals surface area contributed by atoms with Crippen molar-refractivity contribution in [2.75, 3.05) is 10.0 Å². The van der Waals surface area contributed by atoms with E-state index in [1.165, 1.54) is 31.2 Å². The number of hydrogen-bond donors (Lipinski definition) is 2. The lowest BCUT2D eigenvalue weighted by atomic mass is 10.2. The molecule has 0 heterocycles. The molecular weight excluding hydrogens is 359 g/mol. The van der Waals surface area contributed by atoms with Crippen molar-refractivity contribution in [2.45, 2.75) is 18.7 Å². The second-order valence-corrected chi connectivity index (χ2v) is 7.38. The van der Waals surface area contributed by atoms with E-state index in [0.717, 1.165) is 5.56 Å². The van der Waals surface area contributed by atoms with Gasteiger partial charge in [-0.15, -0.1) is 0 Å². The van der Waals surface area contributed by atoms with Gasteiger partial charge in [-0.3, -0.25) is 9.52 Å². The second kappa shape index (κ2) is 6.78. The Balaban J connectivity index is 2.35. The lowest BCUT2D eigenvalue weighted by Crippen LogP contribution is -2.14. The molecule has 8 heteroatoms. The highest BCUT2D eigenvalue weighted by molar-refractivity contribution is 7.92. The number of nitrogens with one attached hydrogen (secondary N) is 2. The van der Waals surface area contributed by atoms with Gasteiger partial charge in [-0.2, -0.15) is 0 Å². The van der Waals surface area contributed by atoms with Gasteiger partial charge in [-0.05, 0) is 42.8 Å². The summed E-state index contributed by atoms with van der Waals surface area (Å²) < 4.78 is 27.3. The van der Waals surface area contributed by atoms with Crippen molar-refractivity contribution in [1.29, 1.82) is 0 Å². The number of aryl methyl sites for hydroxylation is 1. The number of rotatable bonds is 4. The number of carbonyl (C=O) groups excluding carboxylic acids is 1. The molecule has 0 aliphatic carbocycles. The van der Waals surface area contributed by atoms with Gasteiger partial charge in [0, 0.05) is 6.92 Å². The zero-order valence-corrected chi connectivity index (χ0v) is 14.7. The molecule has 2 aromatic rings. The number of halogens is 2. The molecule has 1 amide bonds. The summed E-state index contributed by atoms with van der Waals surface area (Å²) in [4.78, 5) is 11.1. The van der Waals surface area contributed by atoms with Crippen molar-refractivity contribution in [2.24, 2.45) is 0 Å². The highest BCUT2D eigenvalue weighted by Gasteiger charge is 2.18. The van der Waals surface area contributed by atoms with E-state index in [2.05, 4.69) is 10.0 Å². The first-order chi connectivity index (χ1) is 10.7. The number of sulfonamides is 1. The molecule has 0 spiro atoms. The van der Waals surface area contributed by atoms with Crippen LogP contribution >= 0.6 is 23.2 Å². The third-order valence-electron chi connectivity index (χ3n) is 2.91. The van der Waals surface area contributed by atoms with E-state index in [4.69, 9.17) is 23.2 Å². The summed E-state index contributed by atoms with van der Waals surface area (Å²) in [6.45, 7) is 3.15. The van der Waals surface area contributed by atoms with Gasteiger partial charge in [-0.1, -0.05) is 29.3 Å². The maximum absolute atomic E-state index is 12.4. The van der Waals surface area contributed by atoms with Crippen LogP contribution in [0.3, 0.4) is 0 Å². The average molecular weight is 373 g/mol. The van der Waals surface area contributed by atoms with E-state index >= 15 is 0 Å². The highest BCUT2D eigenvalue weighted by Crippen LogP contribution is 2.29. The lowest BCUT2D eigenvalue weighted by Gasteiger charge is -2.12. The van der Waals surface area contributed by atoms with Crippen molar-refractivity contribution in [3.63, 3.8) is 0 Å². The SMILES string of the molecule is CC(=O)Nc1cc(NS(=O)(=O)c2ccc(C)cc2Cl)ccc1Cl. The molecule has 0 atom stereocenters. The standard InChI is InChI=1S/C15H14Cl2N2O3S/c1-9-3-6-15(13(17)7-9)23(21,22)19-11-4-5-12(16)14(8-11)18-10(2)20/h3-8,19H,1-2H3,(H,18,20). The summed E-state index contributed by atoms with van der Waals surface area (Å²) in [6.07, 6.45) is 0. The van der Waals surface area contributed by atoms with Crippen LogP contribution < -0.4 is 10.0 Å². The first-order valence-corrected chi connectivity index (χ1v) is 8.79. The Morgan fingerprint density at radius 1 is 1.04 bits per heavy atom. The van der Waals surface area contributed by atoms with E-state index < -0.39 is 10.0 Å². The van der Waals surface area contributed by atoms with Gasteiger partial charge in [0.25, 0.3) is 10.0 Å². The van der Waals surface area contributed by atoms with Gasteiger partial charge in [0.2, 0.25) is 5.91 Å². The van der Waals surface area contributed by atoms with Crippen LogP contribution in [0.2, 0.25) is 10.0 Å². The van der Waals surface area contributed by atoms with Gasteiger partial charge >= 0.3 is 0 Å². The van der Waals surface area contributed by atoms with E-state index in [0.29, 0.717) is 10.7 Å². The van der Waals surface area contributed by atoms with Gasteiger partial charge in [0.05, 0.1) is 21.4 Å². The molecule has 0 unspecified atom stereocenters. The Hall–Kier alpha value is -1.76. The fourth-order valence-electron chi connectivity index (χ4n) is 1.91. The molecule has 122 valence electrons. The number of anilines is 2. The average Bonchev–Trinajstić information content (AvgIpc) is 2.41. The molecule has 0 fully saturated rings. The van der Waals surface area contributed by atoms with Crippen LogP contribution in [0, 0.1) is 6.92 Å². The van der Waals surface area contributed by atoms with Crippen LogP contribution in [0.25, 0.3) is 0 Å². The quantitative estimate of drug-likeness (QED) is 0.849. The first kappa shape index (κ1) is 17.6. The van der Waals surface area contributed by atoms with E-state index in [9.17, 15) is 13.2 Å². The number of benzene rings is 2. The molecule has 0 aromatic heterocycles. The van der Waals surface area contributed by atoms with E-state index in [-0.39, 0.29) is 21.5 Å². The van der Waals surface area contributed by atoms with Gasteiger partial charge < -0.3 is 5.32 Å². The van der Waals surface area contributed by atoms with Crippen LogP contribution in [-0.4, -0.2) is 14.3 Å². The van der Waals surface area contributed by atoms with Crippen LogP contribution in [0.5, 0.6) is 0 Å². The van der Waals surface area contributed by atoms with Crippen molar-refractivity contribution >= 4 is 50.5 Å². The van der Waals surface area contributed by atoms with Crippen molar-refractivity contribution in [1.82, 2.24) is 0 Å². The Morgan fingerprint density at radius 2 is 1.74 bits per heavy atom. The van der Waals surface area contributed by atoms with Crippen LogP contribution in [-0.2, 0) is 14.8 Å². The van der Waals surface area contributed by atoms with Crippen LogP contribution in [0.15, 0.2) is 41.3 Å². The molecular formula is C15H14Cl2N2O3S. The van der Waals surface area contributed by atoms with Crippen molar-refractivity contribution in [3.8, 4) is 0 Å². The second-order valence-electron chi connectivity index (χ2n) is 4.92. The summed E-state index contributed by atoms with van der Waals surface area (Å²) in [7, 11) is -3.86. The maximum atomic E-state index is 12.4. The molecule has 0 aliphatic rings. The molecule has 0 bridgehead atoms. The summed E-state index contributed by atoms with van der Waals surface area (Å²) >= 11 is 12.0. The number of amides is 1. The molecule has 23 heavy (non-hydrogen) atoms. The Bertz CT molecular complexity index is 867. The lowest BCUT2D eigenvalue weighted by molar-refractivity contribution is -0.114. The normalized spacial score (nSPS) is 11.1. The highest BCUT2D eigenvalue weighted by atomic mass is 35.5. The Kier molecular flexibility index (Phi) is 5.19. The van der Waals surface area contributed by atoms with E-state index in [1.807, 2.05) is 6.92 Å². The number of hydrogen-bond acceptors (Lipinski definition) is 3. The summed E-state index contributed by atoms with van der Waals surface area (Å²) in [6, 6.07) is 9.08. The minimum atomic E-state index is -3.86. The fourth-order valence-corrected chi connectivity index (χ4v) is 3.72. The van der Waals surface area contributed by atoms with Crippen molar-refractivity contribution in [3.05, 3.63) is 52.0 Å². The Morgan fingerprint density at radius 3 is 2.35 bits per heavy atom. The van der Waals surface area contributed by atoms with Crippen LogP contribution in [0.1, 0.15) is 12.5 Å². The van der Waals surface area contributed by atoms with E-state index in [1.54, 1.807) is 12.1 Å². The maximum Gasteiger partial charge on any atom is 0.263 e. The zero-order valence-electron chi connectivity index (χ0n) is 12.4. The zero-order chi connectivity index (χ0) is 17.2. The topological polar surface area (TPSA) is 75.3 Å². The molecule has 2 N–H and O–H groups in total. The summed E-state index contributed by atoms with van der Waals surface area (Å²) in [5, 5.41) is 2.96. The monoisotopic (exact) mass is 372 g/mol. The van der Waals surface area contributed by atoms with Crippen molar-refractivity contribution < 1.29 is 13.2 Å². The van der Waals surface area contributed by atoms with Gasteiger partial charge in [-0.25, -0.2) is 8.42 Å². The predicted molar refractivity (Wildman–Crippen MR) is 92.8 cm³/mol. The molecule has 5 nitrogen and oxygen atoms in total. The fraction of sp³-hybridized carbons (Fsp3) is 0.133. The third-order valence-corrected chi connectivity index (χ3v) is 5.10. The number of carbonyl (C=O) groups is 1. The Labute approximate surface area is 144 Å². The summed E-state index contributed by atoms with van der Waals surface area (Å²) in [5.41, 5.74) is 1.43. The molecule has 2 aromatic carbocycles. The third kappa shape index (κ3) is 4.37. The summed E-state index contributed by atoms with van der Waals surface area (Å²) in [5.74, 6) is -0.312. The molecule has 0 saturated heterocycles. The molecule has 2 rings (SSSR count).